The van der Waals surface area contributed by atoms with Gasteiger partial charge in [0.25, 0.3) is 0 Å². The van der Waals surface area contributed by atoms with Crippen LogP contribution < -0.4 is 4.90 Å². The molecule has 1 unspecified atom stereocenters. The normalized spacial score (nSPS) is 15.1. The number of benzene rings is 8. The Hall–Kier alpha value is -6.64. The first kappa shape index (κ1) is 28.2. The lowest BCUT2D eigenvalue weighted by molar-refractivity contribution is 0.507. The van der Waals surface area contributed by atoms with Gasteiger partial charge in [-0.2, -0.15) is 0 Å². The fourth-order valence-corrected chi connectivity index (χ4v) is 8.96. The molecule has 0 amide bonds. The number of hydrogen-bond donors (Lipinski definition) is 0. The monoisotopic (exact) mass is 649 g/mol. The quantitative estimate of drug-likeness (QED) is 0.189. The van der Waals surface area contributed by atoms with Crippen LogP contribution >= 0.6 is 0 Å². The summed E-state index contributed by atoms with van der Waals surface area (Å²) in [5.74, 6) is 1.01. The molecule has 8 aromatic carbocycles. The van der Waals surface area contributed by atoms with Crippen molar-refractivity contribution in [3.05, 3.63) is 211 Å². The minimum absolute atomic E-state index is 0.576. The molecule has 238 valence electrons. The highest BCUT2D eigenvalue weighted by atomic mass is 16.3. The Balaban J connectivity index is 1.14. The van der Waals surface area contributed by atoms with Crippen molar-refractivity contribution in [2.45, 2.75) is 5.41 Å². The van der Waals surface area contributed by atoms with Gasteiger partial charge in [0.05, 0.1) is 0 Å². The van der Waals surface area contributed by atoms with Gasteiger partial charge in [0.15, 0.2) is 0 Å². The van der Waals surface area contributed by atoms with E-state index in [1.165, 1.54) is 60.8 Å². The minimum Gasteiger partial charge on any atom is -0.459 e. The van der Waals surface area contributed by atoms with Crippen molar-refractivity contribution in [3.63, 3.8) is 0 Å². The average Bonchev–Trinajstić information content (AvgIpc) is 3.82. The van der Waals surface area contributed by atoms with Crippen molar-refractivity contribution in [1.29, 1.82) is 0 Å². The molecule has 2 aliphatic rings. The van der Waals surface area contributed by atoms with Crippen molar-refractivity contribution in [1.82, 2.24) is 0 Å². The van der Waals surface area contributed by atoms with E-state index < -0.39 is 5.41 Å². The summed E-state index contributed by atoms with van der Waals surface area (Å²) in [6, 6.07) is 68.2. The average molecular weight is 650 g/mol. The Kier molecular flexibility index (Phi) is 5.91. The Labute approximate surface area is 296 Å². The van der Waals surface area contributed by atoms with Crippen LogP contribution in [-0.4, -0.2) is 0 Å². The highest BCUT2D eigenvalue weighted by Gasteiger charge is 2.55. The molecule has 0 radical (unpaired) electrons. The second-order valence-electron chi connectivity index (χ2n) is 13.6. The maximum absolute atomic E-state index is 6.99. The van der Waals surface area contributed by atoms with Crippen LogP contribution in [0.15, 0.2) is 192 Å². The molecular formula is C49H31NO. The van der Waals surface area contributed by atoms with Crippen molar-refractivity contribution in [2.75, 3.05) is 4.90 Å². The molecule has 51 heavy (non-hydrogen) atoms. The Bertz CT molecular complexity index is 2810. The number of furan rings is 1. The zero-order valence-electron chi connectivity index (χ0n) is 27.8. The Morgan fingerprint density at radius 2 is 0.980 bits per heavy atom. The largest absolute Gasteiger partial charge is 0.459 e. The van der Waals surface area contributed by atoms with Crippen molar-refractivity contribution >= 4 is 38.8 Å². The van der Waals surface area contributed by atoms with E-state index in [1.807, 2.05) is 0 Å². The molecule has 1 aromatic heterocycles. The van der Waals surface area contributed by atoms with Gasteiger partial charge in [-0.15, -0.1) is 0 Å². The van der Waals surface area contributed by atoms with Gasteiger partial charge in [0.1, 0.15) is 16.8 Å². The van der Waals surface area contributed by atoms with Crippen LogP contribution in [0.25, 0.3) is 55.1 Å². The second-order valence-corrected chi connectivity index (χ2v) is 13.6. The minimum atomic E-state index is -0.576. The van der Waals surface area contributed by atoms with E-state index in [-0.39, 0.29) is 0 Å². The third kappa shape index (κ3) is 3.87. The van der Waals surface area contributed by atoms with E-state index in [9.17, 15) is 0 Å². The van der Waals surface area contributed by atoms with E-state index in [2.05, 4.69) is 193 Å². The maximum Gasteiger partial charge on any atom is 0.135 e. The van der Waals surface area contributed by atoms with Gasteiger partial charge in [-0.25, -0.2) is 0 Å². The standard InChI is InChI=1S/C49H31NO/c1-2-15-34(16-3-1)50(35-27-25-33(26-28-35)38-21-12-14-32-13-4-5-17-37(32)38)36-29-30-40-39-18-6-9-22-43(39)49(45(40)31-36)44-23-10-7-19-41(44)47-42-20-8-11-24-46(42)51-48(47)49/h1-31H. The van der Waals surface area contributed by atoms with E-state index in [1.54, 1.807) is 0 Å². The summed E-state index contributed by atoms with van der Waals surface area (Å²) >= 11 is 0. The van der Waals surface area contributed by atoms with Crippen LogP contribution in [0.1, 0.15) is 22.5 Å². The van der Waals surface area contributed by atoms with Crippen LogP contribution in [0, 0.1) is 0 Å². The first-order chi connectivity index (χ1) is 25.3. The fraction of sp³-hybridized carbons (Fsp3) is 0.0204. The number of anilines is 3. The predicted molar refractivity (Wildman–Crippen MR) is 210 cm³/mol. The summed E-state index contributed by atoms with van der Waals surface area (Å²) in [5.41, 5.74) is 14.9. The third-order valence-corrected chi connectivity index (χ3v) is 11.1. The lowest BCUT2D eigenvalue weighted by Gasteiger charge is -2.30. The molecule has 11 rings (SSSR count). The lowest BCUT2D eigenvalue weighted by atomic mass is 9.73. The van der Waals surface area contributed by atoms with Crippen LogP contribution in [0.4, 0.5) is 17.1 Å². The van der Waals surface area contributed by atoms with Gasteiger partial charge < -0.3 is 9.32 Å². The smallest absolute Gasteiger partial charge is 0.135 e. The van der Waals surface area contributed by atoms with Gasteiger partial charge in [-0.3, -0.25) is 0 Å². The third-order valence-electron chi connectivity index (χ3n) is 11.1. The summed E-state index contributed by atoms with van der Waals surface area (Å²) in [6.07, 6.45) is 0. The molecule has 1 heterocycles. The zero-order chi connectivity index (χ0) is 33.5. The number of para-hydroxylation sites is 2. The highest BCUT2D eigenvalue weighted by molar-refractivity contribution is 6.05. The Morgan fingerprint density at radius 1 is 0.392 bits per heavy atom. The summed E-state index contributed by atoms with van der Waals surface area (Å²) < 4.78 is 6.99. The maximum atomic E-state index is 6.99. The summed E-state index contributed by atoms with van der Waals surface area (Å²) in [6.45, 7) is 0. The first-order valence-electron chi connectivity index (χ1n) is 17.6. The first-order valence-corrected chi connectivity index (χ1v) is 17.6. The van der Waals surface area contributed by atoms with Gasteiger partial charge in [0.2, 0.25) is 0 Å². The molecule has 0 bridgehead atoms. The molecule has 0 aliphatic heterocycles. The Morgan fingerprint density at radius 3 is 1.82 bits per heavy atom. The molecule has 0 saturated carbocycles. The van der Waals surface area contributed by atoms with Crippen molar-refractivity contribution < 1.29 is 4.42 Å². The summed E-state index contributed by atoms with van der Waals surface area (Å²) in [5, 5.41) is 3.67. The van der Waals surface area contributed by atoms with Gasteiger partial charge in [0, 0.05) is 28.0 Å². The molecule has 2 heteroatoms. The van der Waals surface area contributed by atoms with E-state index in [0.29, 0.717) is 0 Å². The van der Waals surface area contributed by atoms with E-state index in [0.717, 1.165) is 33.8 Å². The van der Waals surface area contributed by atoms with Gasteiger partial charge in [-0.05, 0) is 97.7 Å². The van der Waals surface area contributed by atoms with Crippen LogP contribution in [0.3, 0.4) is 0 Å². The molecule has 0 fully saturated rings. The molecule has 2 nitrogen and oxygen atoms in total. The topological polar surface area (TPSA) is 16.4 Å². The number of hydrogen-bond acceptors (Lipinski definition) is 2. The zero-order valence-corrected chi connectivity index (χ0v) is 27.8. The van der Waals surface area contributed by atoms with E-state index in [4.69, 9.17) is 4.42 Å². The van der Waals surface area contributed by atoms with Crippen molar-refractivity contribution in [2.24, 2.45) is 0 Å². The number of fused-ring (bicyclic) bond motifs is 13. The molecule has 1 spiro atoms. The highest BCUT2D eigenvalue weighted by Crippen LogP contribution is 2.65. The van der Waals surface area contributed by atoms with Crippen LogP contribution in [0.2, 0.25) is 0 Å². The molecule has 0 N–H and O–H groups in total. The molecule has 2 aliphatic carbocycles. The number of nitrogens with zero attached hydrogens (tertiary/aromatic N) is 1. The van der Waals surface area contributed by atoms with Gasteiger partial charge >= 0.3 is 0 Å². The van der Waals surface area contributed by atoms with Gasteiger partial charge in [-0.1, -0.05) is 146 Å². The molecular weight excluding hydrogens is 619 g/mol. The summed E-state index contributed by atoms with van der Waals surface area (Å²) in [4.78, 5) is 2.38. The number of rotatable bonds is 4. The van der Waals surface area contributed by atoms with Crippen LogP contribution in [0.5, 0.6) is 0 Å². The predicted octanol–water partition coefficient (Wildman–Crippen LogP) is 13.1. The second kappa shape index (κ2) is 10.7. The SMILES string of the molecule is c1ccc(N(c2ccc(-c3cccc4ccccc34)cc2)c2ccc3c(c2)C2(c4ccccc4-3)c3ccccc3-c3c2oc2ccccc32)cc1. The van der Waals surface area contributed by atoms with E-state index >= 15 is 0 Å². The molecule has 1 atom stereocenters. The fourth-order valence-electron chi connectivity index (χ4n) is 8.96. The van der Waals surface area contributed by atoms with Crippen LogP contribution in [-0.2, 0) is 5.41 Å². The molecule has 9 aromatic rings. The molecule has 0 saturated heterocycles. The van der Waals surface area contributed by atoms with Crippen molar-refractivity contribution in [3.8, 4) is 33.4 Å². The lowest BCUT2D eigenvalue weighted by Crippen LogP contribution is -2.25. The summed E-state index contributed by atoms with van der Waals surface area (Å²) in [7, 11) is 0.